The van der Waals surface area contributed by atoms with Gasteiger partial charge in [0.25, 0.3) is 10.0 Å². The van der Waals surface area contributed by atoms with Crippen LogP contribution in [0.15, 0.2) is 46.7 Å². The summed E-state index contributed by atoms with van der Waals surface area (Å²) in [5.41, 5.74) is 1.03. The third-order valence-corrected chi connectivity index (χ3v) is 6.44. The van der Waals surface area contributed by atoms with Crippen LogP contribution in [0.4, 0.5) is 0 Å². The van der Waals surface area contributed by atoms with Gasteiger partial charge in [0.15, 0.2) is 0 Å². The summed E-state index contributed by atoms with van der Waals surface area (Å²) in [6, 6.07) is 12.8. The fourth-order valence-electron chi connectivity index (χ4n) is 1.89. The fourth-order valence-corrected chi connectivity index (χ4v) is 5.04. The molecule has 1 aliphatic heterocycles. The standard InChI is InChI=1S/C12H10ClNO2S2/c13-11-6-7-12(17-11)18(15,16)14-8-10(14)9-4-2-1-3-5-9/h1-7,10H,8H2. The second kappa shape index (κ2) is 4.35. The minimum absolute atomic E-state index is 0.0305. The number of sulfonamides is 1. The van der Waals surface area contributed by atoms with Crippen LogP contribution < -0.4 is 0 Å². The average molecular weight is 300 g/mol. The third-order valence-electron chi connectivity index (χ3n) is 2.86. The molecule has 0 N–H and O–H groups in total. The third kappa shape index (κ3) is 2.07. The molecule has 2 heterocycles. The summed E-state index contributed by atoms with van der Waals surface area (Å²) in [4.78, 5) is 0. The molecule has 2 unspecified atom stereocenters. The van der Waals surface area contributed by atoms with Crippen LogP contribution in [0.5, 0.6) is 0 Å². The predicted octanol–water partition coefficient (Wildman–Crippen LogP) is 3.15. The van der Waals surface area contributed by atoms with Crippen molar-refractivity contribution in [1.82, 2.24) is 4.31 Å². The van der Waals surface area contributed by atoms with Gasteiger partial charge in [0, 0.05) is 6.54 Å². The molecule has 0 saturated carbocycles. The first kappa shape index (κ1) is 12.2. The van der Waals surface area contributed by atoms with Crippen LogP contribution in [0.2, 0.25) is 4.34 Å². The lowest BCUT2D eigenvalue weighted by molar-refractivity contribution is 0.556. The van der Waals surface area contributed by atoms with Gasteiger partial charge in [0.1, 0.15) is 4.21 Å². The van der Waals surface area contributed by atoms with Gasteiger partial charge in [-0.15, -0.1) is 11.3 Å². The first-order valence-corrected chi connectivity index (χ1v) is 8.04. The zero-order valence-electron chi connectivity index (χ0n) is 9.28. The molecule has 2 atom stereocenters. The van der Waals surface area contributed by atoms with Crippen molar-refractivity contribution in [1.29, 1.82) is 0 Å². The molecule has 0 bridgehead atoms. The zero-order valence-corrected chi connectivity index (χ0v) is 11.7. The summed E-state index contributed by atoms with van der Waals surface area (Å²) in [7, 11) is -3.37. The van der Waals surface area contributed by atoms with Crippen molar-refractivity contribution >= 4 is 33.0 Å². The maximum absolute atomic E-state index is 12.3. The SMILES string of the molecule is O=S(=O)(c1ccc(Cl)s1)N1CC1c1ccccc1. The molecule has 2 aromatic rings. The van der Waals surface area contributed by atoms with Crippen LogP contribution in [0.3, 0.4) is 0 Å². The molecule has 1 aliphatic rings. The van der Waals surface area contributed by atoms with Crippen molar-refractivity contribution in [3.8, 4) is 0 Å². The number of benzene rings is 1. The Labute approximate surface area is 115 Å². The number of hydrogen-bond donors (Lipinski definition) is 0. The Hall–Kier alpha value is -0.880. The van der Waals surface area contributed by atoms with Gasteiger partial charge >= 0.3 is 0 Å². The van der Waals surface area contributed by atoms with E-state index in [1.807, 2.05) is 30.3 Å². The first-order chi connectivity index (χ1) is 8.59. The van der Waals surface area contributed by atoms with E-state index in [9.17, 15) is 8.42 Å². The van der Waals surface area contributed by atoms with Gasteiger partial charge in [-0.05, 0) is 17.7 Å². The molecule has 6 heteroatoms. The Morgan fingerprint density at radius 1 is 1.17 bits per heavy atom. The molecule has 0 aliphatic carbocycles. The molecule has 1 fully saturated rings. The van der Waals surface area contributed by atoms with Gasteiger partial charge in [-0.25, -0.2) is 8.42 Å². The zero-order chi connectivity index (χ0) is 12.8. The molecule has 0 spiro atoms. The lowest BCUT2D eigenvalue weighted by atomic mass is 10.2. The van der Waals surface area contributed by atoms with Crippen molar-refractivity contribution in [3.05, 3.63) is 52.4 Å². The maximum atomic E-state index is 12.3. The van der Waals surface area contributed by atoms with Gasteiger partial charge in [-0.2, -0.15) is 4.31 Å². The first-order valence-electron chi connectivity index (χ1n) is 5.41. The highest BCUT2D eigenvalue weighted by molar-refractivity contribution is 7.91. The van der Waals surface area contributed by atoms with Crippen molar-refractivity contribution in [2.45, 2.75) is 10.3 Å². The maximum Gasteiger partial charge on any atom is 0.253 e. The molecule has 1 saturated heterocycles. The summed E-state index contributed by atoms with van der Waals surface area (Å²) in [6.07, 6.45) is 0. The second-order valence-electron chi connectivity index (χ2n) is 4.06. The Morgan fingerprint density at radius 2 is 1.89 bits per heavy atom. The topological polar surface area (TPSA) is 37.1 Å². The van der Waals surface area contributed by atoms with Gasteiger partial charge in [0.2, 0.25) is 0 Å². The lowest BCUT2D eigenvalue weighted by Gasteiger charge is -2.03. The Bertz CT molecular complexity index is 666. The molecule has 3 rings (SSSR count). The highest BCUT2D eigenvalue weighted by atomic mass is 35.5. The molecule has 1 aromatic carbocycles. The normalized spacial score (nSPS) is 22.9. The quantitative estimate of drug-likeness (QED) is 0.817. The number of halogens is 1. The van der Waals surface area contributed by atoms with E-state index in [1.165, 1.54) is 4.31 Å². The summed E-state index contributed by atoms with van der Waals surface area (Å²) >= 11 is 6.88. The largest absolute Gasteiger partial charge is 0.253 e. The highest BCUT2D eigenvalue weighted by Gasteiger charge is 2.45. The fraction of sp³-hybridized carbons (Fsp3) is 0.167. The van der Waals surface area contributed by atoms with Gasteiger partial charge < -0.3 is 0 Å². The summed E-state index contributed by atoms with van der Waals surface area (Å²) in [5, 5.41) is 0. The summed E-state index contributed by atoms with van der Waals surface area (Å²) < 4.78 is 26.8. The van der Waals surface area contributed by atoms with Crippen molar-refractivity contribution in [2.24, 2.45) is 0 Å². The van der Waals surface area contributed by atoms with E-state index in [-0.39, 0.29) is 6.04 Å². The lowest BCUT2D eigenvalue weighted by Crippen LogP contribution is -2.11. The number of thiophene rings is 1. The van der Waals surface area contributed by atoms with Crippen LogP contribution in [0.25, 0.3) is 0 Å². The van der Waals surface area contributed by atoms with Crippen molar-refractivity contribution < 1.29 is 8.42 Å². The minimum atomic E-state index is -3.37. The smallest absolute Gasteiger partial charge is 0.206 e. The van der Waals surface area contributed by atoms with E-state index in [2.05, 4.69) is 0 Å². The summed E-state index contributed by atoms with van der Waals surface area (Å²) in [5.74, 6) is 0. The molecule has 94 valence electrons. The van der Waals surface area contributed by atoms with Gasteiger partial charge in [-0.3, -0.25) is 0 Å². The summed E-state index contributed by atoms with van der Waals surface area (Å²) in [6.45, 7) is 0.544. The Morgan fingerprint density at radius 3 is 2.50 bits per heavy atom. The average Bonchev–Trinajstić information content (AvgIpc) is 3.07. The Kier molecular flexibility index (Phi) is 2.94. The van der Waals surface area contributed by atoms with E-state index in [0.717, 1.165) is 16.9 Å². The van der Waals surface area contributed by atoms with Crippen LogP contribution in [-0.2, 0) is 10.0 Å². The van der Waals surface area contributed by atoms with E-state index < -0.39 is 10.0 Å². The minimum Gasteiger partial charge on any atom is -0.206 e. The van der Waals surface area contributed by atoms with E-state index in [0.29, 0.717) is 15.1 Å². The molecular weight excluding hydrogens is 290 g/mol. The second-order valence-corrected chi connectivity index (χ2v) is 7.89. The number of rotatable bonds is 3. The van der Waals surface area contributed by atoms with Crippen molar-refractivity contribution in [3.63, 3.8) is 0 Å². The molecular formula is C12H10ClNO2S2. The van der Waals surface area contributed by atoms with Crippen LogP contribution in [-0.4, -0.2) is 19.3 Å². The van der Waals surface area contributed by atoms with Gasteiger partial charge in [0.05, 0.1) is 10.4 Å². The van der Waals surface area contributed by atoms with E-state index in [4.69, 9.17) is 11.6 Å². The monoisotopic (exact) mass is 299 g/mol. The number of hydrogen-bond acceptors (Lipinski definition) is 3. The van der Waals surface area contributed by atoms with E-state index in [1.54, 1.807) is 12.1 Å². The number of nitrogens with zero attached hydrogens (tertiary/aromatic N) is 1. The van der Waals surface area contributed by atoms with E-state index >= 15 is 0 Å². The van der Waals surface area contributed by atoms with Gasteiger partial charge in [-0.1, -0.05) is 41.9 Å². The van der Waals surface area contributed by atoms with Crippen molar-refractivity contribution in [2.75, 3.05) is 6.54 Å². The molecule has 0 radical (unpaired) electrons. The van der Waals surface area contributed by atoms with Crippen LogP contribution >= 0.6 is 22.9 Å². The van der Waals surface area contributed by atoms with Crippen LogP contribution in [0.1, 0.15) is 11.6 Å². The molecule has 0 amide bonds. The molecule has 3 nitrogen and oxygen atoms in total. The molecule has 18 heavy (non-hydrogen) atoms. The van der Waals surface area contributed by atoms with Crippen LogP contribution in [0, 0.1) is 0 Å². The molecule has 1 aromatic heterocycles. The Balaban J connectivity index is 1.86. The highest BCUT2D eigenvalue weighted by Crippen LogP contribution is 2.42. The predicted molar refractivity (Wildman–Crippen MR) is 72.4 cm³/mol.